The largest absolute Gasteiger partial charge is 0.421 e. The highest BCUT2D eigenvalue weighted by Crippen LogP contribution is 2.19. The summed E-state index contributed by atoms with van der Waals surface area (Å²) in [5.74, 6) is 0.808. The van der Waals surface area contributed by atoms with Crippen molar-refractivity contribution in [3.8, 4) is 11.5 Å². The monoisotopic (exact) mass is 407 g/mol. The van der Waals surface area contributed by atoms with Crippen molar-refractivity contribution in [1.82, 2.24) is 19.7 Å². The first-order valence-electron chi connectivity index (χ1n) is 10.2. The molecule has 2 aromatic heterocycles. The van der Waals surface area contributed by atoms with Crippen LogP contribution in [-0.4, -0.2) is 51.8 Å². The number of aryl methyl sites for hydroxylation is 2. The van der Waals surface area contributed by atoms with Gasteiger partial charge in [0.1, 0.15) is 6.54 Å². The first kappa shape index (κ1) is 19.9. The second-order valence-electron chi connectivity index (χ2n) is 7.45. The zero-order chi connectivity index (χ0) is 21.1. The Hall–Kier alpha value is -3.42. The molecule has 8 nitrogen and oxygen atoms in total. The molecule has 0 unspecified atom stereocenters. The van der Waals surface area contributed by atoms with Gasteiger partial charge in [-0.3, -0.25) is 9.59 Å². The zero-order valence-corrected chi connectivity index (χ0v) is 17.2. The van der Waals surface area contributed by atoms with Gasteiger partial charge in [0, 0.05) is 50.6 Å². The fraction of sp³-hybridized carbons (Fsp3) is 0.364. The average molecular weight is 407 g/mol. The molecule has 3 heterocycles. The highest BCUT2D eigenvalue weighted by molar-refractivity contribution is 5.76. The van der Waals surface area contributed by atoms with Crippen molar-refractivity contribution in [2.24, 2.45) is 0 Å². The van der Waals surface area contributed by atoms with Crippen LogP contribution in [0.1, 0.15) is 18.4 Å². The van der Waals surface area contributed by atoms with Crippen molar-refractivity contribution in [3.05, 3.63) is 64.4 Å². The van der Waals surface area contributed by atoms with Crippen LogP contribution < -0.4 is 10.5 Å². The predicted octanol–water partition coefficient (Wildman–Crippen LogP) is 2.12. The highest BCUT2D eigenvalue weighted by atomic mass is 16.4. The van der Waals surface area contributed by atoms with Crippen LogP contribution in [0.4, 0.5) is 5.69 Å². The minimum atomic E-state index is -0.235. The number of carbonyl (C=O) groups is 1. The van der Waals surface area contributed by atoms with Gasteiger partial charge < -0.3 is 18.8 Å². The lowest BCUT2D eigenvalue weighted by molar-refractivity contribution is -0.132. The number of anilines is 1. The van der Waals surface area contributed by atoms with E-state index in [-0.39, 0.29) is 18.0 Å². The third-order valence-corrected chi connectivity index (χ3v) is 5.30. The lowest BCUT2D eigenvalue weighted by Gasteiger charge is -2.36. The molecule has 0 saturated carbocycles. The number of amides is 1. The molecule has 156 valence electrons. The SMILES string of the molecule is CCc1nnc(-c2ccc(=O)n(CC(=O)N3CCN(c4cccc(C)c4)CC3)c2)o1. The van der Waals surface area contributed by atoms with E-state index in [1.54, 1.807) is 12.3 Å². The normalized spacial score (nSPS) is 14.2. The van der Waals surface area contributed by atoms with Gasteiger partial charge in [0.05, 0.1) is 5.56 Å². The van der Waals surface area contributed by atoms with Gasteiger partial charge in [-0.2, -0.15) is 0 Å². The summed E-state index contributed by atoms with van der Waals surface area (Å²) in [5, 5.41) is 7.96. The Labute approximate surface area is 174 Å². The maximum atomic E-state index is 12.8. The van der Waals surface area contributed by atoms with E-state index >= 15 is 0 Å². The van der Waals surface area contributed by atoms with Gasteiger partial charge in [-0.25, -0.2) is 0 Å². The molecule has 1 fully saturated rings. The topological polar surface area (TPSA) is 84.5 Å². The highest BCUT2D eigenvalue weighted by Gasteiger charge is 2.22. The molecule has 1 aromatic carbocycles. The maximum absolute atomic E-state index is 12.8. The van der Waals surface area contributed by atoms with Gasteiger partial charge in [0.25, 0.3) is 5.56 Å². The molecule has 0 spiro atoms. The Morgan fingerprint density at radius 2 is 1.90 bits per heavy atom. The number of nitrogens with zero attached hydrogens (tertiary/aromatic N) is 5. The third kappa shape index (κ3) is 4.27. The Bertz CT molecular complexity index is 1100. The Morgan fingerprint density at radius 3 is 2.60 bits per heavy atom. The first-order chi connectivity index (χ1) is 14.5. The number of pyridine rings is 1. The number of carbonyl (C=O) groups excluding carboxylic acids is 1. The van der Waals surface area contributed by atoms with Gasteiger partial charge in [0.2, 0.25) is 17.7 Å². The Kier molecular flexibility index (Phi) is 5.65. The molecule has 0 radical (unpaired) electrons. The summed E-state index contributed by atoms with van der Waals surface area (Å²) in [6, 6.07) is 11.4. The molecule has 0 N–H and O–H groups in total. The van der Waals surface area contributed by atoms with Crippen molar-refractivity contribution >= 4 is 11.6 Å². The summed E-state index contributed by atoms with van der Waals surface area (Å²) in [4.78, 5) is 29.2. The van der Waals surface area contributed by atoms with Gasteiger partial charge in [-0.05, 0) is 30.7 Å². The lowest BCUT2D eigenvalue weighted by Crippen LogP contribution is -2.50. The van der Waals surface area contributed by atoms with E-state index in [4.69, 9.17) is 4.42 Å². The van der Waals surface area contributed by atoms with Gasteiger partial charge in [0.15, 0.2) is 0 Å². The first-order valence-corrected chi connectivity index (χ1v) is 10.2. The molecule has 4 rings (SSSR count). The van der Waals surface area contributed by atoms with Gasteiger partial charge in [-0.15, -0.1) is 10.2 Å². The summed E-state index contributed by atoms with van der Waals surface area (Å²) < 4.78 is 6.96. The van der Waals surface area contributed by atoms with Crippen LogP contribution in [0.15, 0.2) is 51.8 Å². The number of aromatic nitrogens is 3. The maximum Gasteiger partial charge on any atom is 0.251 e. The van der Waals surface area contributed by atoms with Crippen molar-refractivity contribution in [1.29, 1.82) is 0 Å². The second-order valence-corrected chi connectivity index (χ2v) is 7.45. The minimum Gasteiger partial charge on any atom is -0.421 e. The Balaban J connectivity index is 1.42. The van der Waals surface area contributed by atoms with Crippen LogP contribution in [0.25, 0.3) is 11.5 Å². The third-order valence-electron chi connectivity index (χ3n) is 5.30. The van der Waals surface area contributed by atoms with Crippen molar-refractivity contribution < 1.29 is 9.21 Å². The summed E-state index contributed by atoms with van der Waals surface area (Å²) >= 11 is 0. The minimum absolute atomic E-state index is 0.00805. The van der Waals surface area contributed by atoms with Crippen LogP contribution >= 0.6 is 0 Å². The fourth-order valence-electron chi connectivity index (χ4n) is 3.58. The summed E-state index contributed by atoms with van der Waals surface area (Å²) in [6.45, 7) is 6.79. The average Bonchev–Trinajstić information content (AvgIpc) is 3.25. The molecular weight excluding hydrogens is 382 g/mol. The van der Waals surface area contributed by atoms with Crippen LogP contribution in [0, 0.1) is 6.92 Å². The van der Waals surface area contributed by atoms with E-state index in [0.717, 1.165) is 13.1 Å². The molecule has 1 aliphatic rings. The van der Waals surface area contributed by atoms with Crippen LogP contribution in [0.3, 0.4) is 0 Å². The van der Waals surface area contributed by atoms with Crippen LogP contribution in [0.5, 0.6) is 0 Å². The van der Waals surface area contributed by atoms with Crippen LogP contribution in [-0.2, 0) is 17.8 Å². The number of piperazine rings is 1. The summed E-state index contributed by atoms with van der Waals surface area (Å²) in [6.07, 6.45) is 2.25. The summed E-state index contributed by atoms with van der Waals surface area (Å²) in [5.41, 5.74) is 2.79. The molecule has 1 amide bonds. The van der Waals surface area contributed by atoms with Crippen molar-refractivity contribution in [3.63, 3.8) is 0 Å². The van der Waals surface area contributed by atoms with E-state index in [0.29, 0.717) is 36.9 Å². The molecular formula is C22H25N5O3. The smallest absolute Gasteiger partial charge is 0.251 e. The van der Waals surface area contributed by atoms with E-state index in [9.17, 15) is 9.59 Å². The van der Waals surface area contributed by atoms with Crippen LogP contribution in [0.2, 0.25) is 0 Å². The zero-order valence-electron chi connectivity index (χ0n) is 17.2. The molecule has 30 heavy (non-hydrogen) atoms. The predicted molar refractivity (Wildman–Crippen MR) is 113 cm³/mol. The molecule has 3 aromatic rings. The number of hydrogen-bond donors (Lipinski definition) is 0. The molecule has 0 atom stereocenters. The number of hydrogen-bond acceptors (Lipinski definition) is 6. The Morgan fingerprint density at radius 1 is 1.10 bits per heavy atom. The van der Waals surface area contributed by atoms with Crippen molar-refractivity contribution in [2.75, 3.05) is 31.1 Å². The van der Waals surface area contributed by atoms with Crippen molar-refractivity contribution in [2.45, 2.75) is 26.8 Å². The molecule has 8 heteroatoms. The molecule has 0 bridgehead atoms. The summed E-state index contributed by atoms with van der Waals surface area (Å²) in [7, 11) is 0. The number of rotatable bonds is 5. The number of benzene rings is 1. The quantitative estimate of drug-likeness (QED) is 0.644. The molecule has 1 aliphatic heterocycles. The van der Waals surface area contributed by atoms with E-state index in [1.807, 2.05) is 11.8 Å². The molecule has 1 saturated heterocycles. The fourth-order valence-corrected chi connectivity index (χ4v) is 3.58. The van der Waals surface area contributed by atoms with E-state index in [2.05, 4.69) is 46.3 Å². The second kappa shape index (κ2) is 8.52. The van der Waals surface area contributed by atoms with E-state index in [1.165, 1.54) is 21.9 Å². The lowest BCUT2D eigenvalue weighted by atomic mass is 10.2. The van der Waals surface area contributed by atoms with Gasteiger partial charge >= 0.3 is 0 Å². The van der Waals surface area contributed by atoms with Gasteiger partial charge in [-0.1, -0.05) is 19.1 Å². The van der Waals surface area contributed by atoms with E-state index < -0.39 is 0 Å². The molecule has 0 aliphatic carbocycles. The standard InChI is InChI=1S/C22H25N5O3/c1-3-19-23-24-22(30-19)17-7-8-20(28)27(14-17)15-21(29)26-11-9-25(10-12-26)18-6-4-5-16(2)13-18/h4-8,13-14H,3,9-12,15H2,1-2H3.